The van der Waals surface area contributed by atoms with E-state index in [0.717, 1.165) is 22.6 Å². The number of fused-ring (bicyclic) bond motifs is 1. The number of allylic oxidation sites excluding steroid dienone is 2. The quantitative estimate of drug-likeness (QED) is 0.767. The summed E-state index contributed by atoms with van der Waals surface area (Å²) in [5.74, 6) is 2.32. The lowest BCUT2D eigenvalue weighted by molar-refractivity contribution is -0.117. The van der Waals surface area contributed by atoms with Crippen LogP contribution in [0.25, 0.3) is 0 Å². The van der Waals surface area contributed by atoms with Crippen molar-refractivity contribution in [2.75, 3.05) is 5.32 Å². The van der Waals surface area contributed by atoms with E-state index in [9.17, 15) is 4.79 Å². The molecule has 5 rings (SSSR count). The molecule has 0 saturated heterocycles. The number of carbonyl (C=O) groups excluding carboxylic acids is 1. The Morgan fingerprint density at radius 1 is 1.23 bits per heavy atom. The molecule has 2 atom stereocenters. The van der Waals surface area contributed by atoms with Gasteiger partial charge in [-0.1, -0.05) is 0 Å². The molecule has 0 aromatic carbocycles. The average Bonchev–Trinajstić information content (AvgIpc) is 3.29. The smallest absolute Gasteiger partial charge is 0.226 e. The van der Waals surface area contributed by atoms with Crippen LogP contribution in [0.5, 0.6) is 0 Å². The first-order valence-electron chi connectivity index (χ1n) is 8.60. The molecular formula is C19H17N5O2. The van der Waals surface area contributed by atoms with Crippen LogP contribution < -0.4 is 5.32 Å². The largest absolute Gasteiger partial charge is 0.469 e. The van der Waals surface area contributed by atoms with E-state index in [1.165, 1.54) is 0 Å². The Labute approximate surface area is 149 Å². The monoisotopic (exact) mass is 347 g/mol. The number of pyridine rings is 1. The minimum absolute atomic E-state index is 0.0393. The molecular weight excluding hydrogens is 330 g/mol. The summed E-state index contributed by atoms with van der Waals surface area (Å²) in [4.78, 5) is 21.7. The van der Waals surface area contributed by atoms with E-state index in [0.29, 0.717) is 24.6 Å². The highest BCUT2D eigenvalue weighted by Gasteiger charge is 2.40. The van der Waals surface area contributed by atoms with Gasteiger partial charge in [-0.25, -0.2) is 4.68 Å². The summed E-state index contributed by atoms with van der Waals surface area (Å²) in [6, 6.07) is 7.35. The van der Waals surface area contributed by atoms with Gasteiger partial charge in [0, 0.05) is 36.0 Å². The van der Waals surface area contributed by atoms with E-state index in [-0.39, 0.29) is 17.7 Å². The number of rotatable bonds is 2. The SMILES string of the molecule is Cc1nc2n(n1)[C@@H](c1ccncc1)C1=C(C[C@H](c3ccco3)CC1=O)N2. The number of hydrogen-bond donors (Lipinski definition) is 1. The zero-order valence-corrected chi connectivity index (χ0v) is 14.2. The van der Waals surface area contributed by atoms with E-state index in [2.05, 4.69) is 20.4 Å². The van der Waals surface area contributed by atoms with Crippen molar-refractivity contribution in [2.24, 2.45) is 0 Å². The van der Waals surface area contributed by atoms with Crippen LogP contribution in [0.15, 0.2) is 58.6 Å². The van der Waals surface area contributed by atoms with Crippen LogP contribution in [-0.2, 0) is 4.79 Å². The Kier molecular flexibility index (Phi) is 3.28. The van der Waals surface area contributed by atoms with Crippen LogP contribution in [-0.4, -0.2) is 25.5 Å². The fourth-order valence-corrected chi connectivity index (χ4v) is 3.90. The topological polar surface area (TPSA) is 85.8 Å². The fraction of sp³-hybridized carbons (Fsp3) is 0.263. The van der Waals surface area contributed by atoms with E-state index in [4.69, 9.17) is 4.42 Å². The second-order valence-electron chi connectivity index (χ2n) is 6.67. The third-order valence-electron chi connectivity index (χ3n) is 4.99. The van der Waals surface area contributed by atoms with Crippen LogP contribution in [0.2, 0.25) is 0 Å². The summed E-state index contributed by atoms with van der Waals surface area (Å²) >= 11 is 0. The Bertz CT molecular complexity index is 1000. The maximum Gasteiger partial charge on any atom is 0.226 e. The number of anilines is 1. The van der Waals surface area contributed by atoms with Crippen LogP contribution in [0.1, 0.15) is 41.9 Å². The maximum absolute atomic E-state index is 13.1. The number of Topliss-reactive ketones (excluding diaryl/α,β-unsaturated/α-hetero) is 1. The van der Waals surface area contributed by atoms with Gasteiger partial charge in [-0.3, -0.25) is 9.78 Å². The number of nitrogens with zero attached hydrogens (tertiary/aromatic N) is 4. The molecule has 3 aromatic heterocycles. The number of ketones is 1. The van der Waals surface area contributed by atoms with E-state index >= 15 is 0 Å². The van der Waals surface area contributed by atoms with Gasteiger partial charge in [-0.15, -0.1) is 0 Å². The average molecular weight is 347 g/mol. The molecule has 0 spiro atoms. The number of carbonyl (C=O) groups is 1. The summed E-state index contributed by atoms with van der Waals surface area (Å²) in [5.41, 5.74) is 2.64. The predicted molar refractivity (Wildman–Crippen MR) is 93.5 cm³/mol. The van der Waals surface area contributed by atoms with Crippen LogP contribution in [0, 0.1) is 6.92 Å². The fourth-order valence-electron chi connectivity index (χ4n) is 3.90. The first kappa shape index (κ1) is 15.1. The molecule has 7 nitrogen and oxygen atoms in total. The number of aryl methyl sites for hydroxylation is 1. The maximum atomic E-state index is 13.1. The molecule has 26 heavy (non-hydrogen) atoms. The van der Waals surface area contributed by atoms with Crippen molar-refractivity contribution in [1.82, 2.24) is 19.7 Å². The van der Waals surface area contributed by atoms with Gasteiger partial charge in [-0.05, 0) is 43.2 Å². The zero-order valence-electron chi connectivity index (χ0n) is 14.2. The van der Waals surface area contributed by atoms with Gasteiger partial charge in [0.1, 0.15) is 17.6 Å². The second kappa shape index (κ2) is 5.66. The van der Waals surface area contributed by atoms with E-state index in [1.807, 2.05) is 31.2 Å². The minimum atomic E-state index is -0.282. The number of hydrogen-bond acceptors (Lipinski definition) is 6. The summed E-state index contributed by atoms with van der Waals surface area (Å²) in [7, 11) is 0. The molecule has 0 bridgehead atoms. The summed E-state index contributed by atoms with van der Waals surface area (Å²) in [6.45, 7) is 1.85. The van der Waals surface area contributed by atoms with Crippen molar-refractivity contribution in [3.63, 3.8) is 0 Å². The van der Waals surface area contributed by atoms with Gasteiger partial charge in [0.25, 0.3) is 0 Å². The third-order valence-corrected chi connectivity index (χ3v) is 4.99. The Morgan fingerprint density at radius 2 is 2.08 bits per heavy atom. The van der Waals surface area contributed by atoms with Gasteiger partial charge in [0.05, 0.1) is 6.26 Å². The highest BCUT2D eigenvalue weighted by atomic mass is 16.3. The van der Waals surface area contributed by atoms with Crippen molar-refractivity contribution in [3.05, 3.63) is 71.3 Å². The first-order chi connectivity index (χ1) is 12.7. The predicted octanol–water partition coefficient (Wildman–Crippen LogP) is 2.99. The molecule has 0 saturated carbocycles. The molecule has 2 aliphatic rings. The van der Waals surface area contributed by atoms with Crippen LogP contribution >= 0.6 is 0 Å². The number of nitrogens with one attached hydrogen (secondary N) is 1. The van der Waals surface area contributed by atoms with Crippen LogP contribution in [0.4, 0.5) is 5.95 Å². The van der Waals surface area contributed by atoms with Gasteiger partial charge in [0.2, 0.25) is 5.95 Å². The Balaban J connectivity index is 1.64. The van der Waals surface area contributed by atoms with E-state index in [1.54, 1.807) is 23.3 Å². The molecule has 3 aromatic rings. The minimum Gasteiger partial charge on any atom is -0.469 e. The van der Waals surface area contributed by atoms with Gasteiger partial charge in [0.15, 0.2) is 5.78 Å². The van der Waals surface area contributed by atoms with E-state index < -0.39 is 0 Å². The first-order valence-corrected chi connectivity index (χ1v) is 8.60. The van der Waals surface area contributed by atoms with Gasteiger partial charge < -0.3 is 9.73 Å². The van der Waals surface area contributed by atoms with Gasteiger partial charge >= 0.3 is 0 Å². The molecule has 4 heterocycles. The molecule has 0 unspecified atom stereocenters. The molecule has 0 fully saturated rings. The second-order valence-corrected chi connectivity index (χ2v) is 6.67. The summed E-state index contributed by atoms with van der Waals surface area (Å²) in [6.07, 6.45) is 6.26. The van der Waals surface area contributed by atoms with Crippen LogP contribution in [0.3, 0.4) is 0 Å². The lowest BCUT2D eigenvalue weighted by Gasteiger charge is -2.34. The van der Waals surface area contributed by atoms with Crippen molar-refractivity contribution in [2.45, 2.75) is 31.7 Å². The molecule has 7 heteroatoms. The summed E-state index contributed by atoms with van der Waals surface area (Å²) < 4.78 is 7.34. The van der Waals surface area contributed by atoms with Crippen molar-refractivity contribution < 1.29 is 9.21 Å². The lowest BCUT2D eigenvalue weighted by Crippen LogP contribution is -2.33. The molecule has 130 valence electrons. The van der Waals surface area contributed by atoms with Crippen molar-refractivity contribution >= 4 is 11.7 Å². The molecule has 0 radical (unpaired) electrons. The summed E-state index contributed by atoms with van der Waals surface area (Å²) in [5, 5.41) is 7.85. The molecule has 0 amide bonds. The molecule has 1 aliphatic carbocycles. The Morgan fingerprint density at radius 3 is 2.85 bits per heavy atom. The zero-order chi connectivity index (χ0) is 17.7. The highest BCUT2D eigenvalue weighted by Crippen LogP contribution is 2.43. The van der Waals surface area contributed by atoms with Gasteiger partial charge in [-0.2, -0.15) is 10.1 Å². The molecule has 1 N–H and O–H groups in total. The third kappa shape index (κ3) is 2.28. The lowest BCUT2D eigenvalue weighted by atomic mass is 9.80. The Hall–Kier alpha value is -3.22. The van der Waals surface area contributed by atoms with Crippen molar-refractivity contribution in [1.29, 1.82) is 0 Å². The normalized spacial score (nSPS) is 22.0. The highest BCUT2D eigenvalue weighted by molar-refractivity contribution is 6.00. The number of furan rings is 1. The van der Waals surface area contributed by atoms with Crippen molar-refractivity contribution in [3.8, 4) is 0 Å². The number of aromatic nitrogens is 4. The standard InChI is InChI=1S/C19H17N5O2/c1-11-21-19-22-14-9-13(16-3-2-8-26-16)10-15(25)17(14)18(24(19)23-11)12-4-6-20-7-5-12/h2-8,13,18H,9-10H2,1H3,(H,21,22,23)/t13-,18-/m0/s1. The molecule has 1 aliphatic heterocycles.